The molecule has 1 saturated heterocycles. The van der Waals surface area contributed by atoms with Crippen molar-refractivity contribution in [3.63, 3.8) is 0 Å². The summed E-state index contributed by atoms with van der Waals surface area (Å²) in [6.45, 7) is 0.652. The van der Waals surface area contributed by atoms with Crippen LogP contribution in [-0.2, 0) is 4.79 Å². The number of likely N-dealkylation sites (tertiary alicyclic amines) is 1. The number of carbonyl (C=O) groups is 2. The molecule has 0 spiro atoms. The monoisotopic (exact) mass is 406 g/mol. The molecule has 2 aromatic rings. The smallest absolute Gasteiger partial charge is 0.256 e. The number of nitrogens with zero attached hydrogens (tertiary/aromatic N) is 1. The number of rotatable bonds is 3. The standard InChI is InChI=1S/C19H16Cl2N2O4/c20-11-3-5-14(21)13(8-11)19(25)23-7-1-2-15(23)18(24)22-12-4-6-16-17(9-12)27-10-26-16/h3-6,8-9,15H,1-2,7,10H2,(H,22,24)/t15-/m1/s1. The van der Waals surface area contributed by atoms with Gasteiger partial charge in [-0.05, 0) is 43.2 Å². The third kappa shape index (κ3) is 3.55. The Morgan fingerprint density at radius 3 is 2.74 bits per heavy atom. The minimum Gasteiger partial charge on any atom is -0.454 e. The van der Waals surface area contributed by atoms with Crippen LogP contribution in [-0.4, -0.2) is 36.1 Å². The summed E-state index contributed by atoms with van der Waals surface area (Å²) in [7, 11) is 0. The first-order chi connectivity index (χ1) is 13.0. The number of amides is 2. The second kappa shape index (κ2) is 7.29. The third-order valence-electron chi connectivity index (χ3n) is 4.62. The van der Waals surface area contributed by atoms with E-state index >= 15 is 0 Å². The quantitative estimate of drug-likeness (QED) is 0.837. The summed E-state index contributed by atoms with van der Waals surface area (Å²) in [5.41, 5.74) is 0.885. The first-order valence-corrected chi connectivity index (χ1v) is 9.25. The fraction of sp³-hybridized carbons (Fsp3) is 0.263. The Balaban J connectivity index is 1.51. The van der Waals surface area contributed by atoms with E-state index in [0.717, 1.165) is 6.42 Å². The van der Waals surface area contributed by atoms with Crippen LogP contribution in [0.15, 0.2) is 36.4 Å². The lowest BCUT2D eigenvalue weighted by molar-refractivity contribution is -0.119. The second-order valence-electron chi connectivity index (χ2n) is 6.34. The molecule has 27 heavy (non-hydrogen) atoms. The molecule has 0 radical (unpaired) electrons. The first-order valence-electron chi connectivity index (χ1n) is 8.49. The Hall–Kier alpha value is -2.44. The molecule has 2 aliphatic rings. The number of hydrogen-bond acceptors (Lipinski definition) is 4. The number of nitrogens with one attached hydrogen (secondary N) is 1. The summed E-state index contributed by atoms with van der Waals surface area (Å²) >= 11 is 12.1. The zero-order valence-electron chi connectivity index (χ0n) is 14.2. The molecule has 0 saturated carbocycles. The summed E-state index contributed by atoms with van der Waals surface area (Å²) < 4.78 is 10.6. The molecule has 4 rings (SSSR count). The van der Waals surface area contributed by atoms with Gasteiger partial charge < -0.3 is 19.7 Å². The van der Waals surface area contributed by atoms with Crippen LogP contribution in [0.2, 0.25) is 10.0 Å². The van der Waals surface area contributed by atoms with E-state index in [1.165, 1.54) is 6.07 Å². The third-order valence-corrected chi connectivity index (χ3v) is 5.18. The largest absolute Gasteiger partial charge is 0.454 e. The van der Waals surface area contributed by atoms with Crippen LogP contribution >= 0.6 is 23.2 Å². The topological polar surface area (TPSA) is 67.9 Å². The van der Waals surface area contributed by atoms with Gasteiger partial charge in [0.15, 0.2) is 11.5 Å². The number of halogens is 2. The van der Waals surface area contributed by atoms with Gasteiger partial charge in [0.05, 0.1) is 10.6 Å². The van der Waals surface area contributed by atoms with Crippen molar-refractivity contribution in [2.75, 3.05) is 18.7 Å². The number of ether oxygens (including phenoxy) is 2. The van der Waals surface area contributed by atoms with Crippen molar-refractivity contribution in [1.29, 1.82) is 0 Å². The molecule has 140 valence electrons. The van der Waals surface area contributed by atoms with E-state index in [1.54, 1.807) is 35.2 Å². The van der Waals surface area contributed by atoms with Gasteiger partial charge in [0.2, 0.25) is 12.7 Å². The minimum absolute atomic E-state index is 0.165. The lowest BCUT2D eigenvalue weighted by atomic mass is 10.1. The predicted molar refractivity (Wildman–Crippen MR) is 102 cm³/mol. The molecule has 1 atom stereocenters. The summed E-state index contributed by atoms with van der Waals surface area (Å²) in [6.07, 6.45) is 1.32. The van der Waals surface area contributed by atoms with Crippen LogP contribution in [0.3, 0.4) is 0 Å². The fourth-order valence-corrected chi connectivity index (χ4v) is 3.67. The Kier molecular flexibility index (Phi) is 4.85. The number of anilines is 1. The van der Waals surface area contributed by atoms with E-state index in [-0.39, 0.29) is 18.6 Å². The van der Waals surface area contributed by atoms with Crippen LogP contribution in [0.5, 0.6) is 11.5 Å². The second-order valence-corrected chi connectivity index (χ2v) is 7.18. The average Bonchev–Trinajstić information content (AvgIpc) is 3.31. The van der Waals surface area contributed by atoms with E-state index in [0.29, 0.717) is 45.8 Å². The summed E-state index contributed by atoms with van der Waals surface area (Å²) in [5.74, 6) is 0.669. The van der Waals surface area contributed by atoms with Gasteiger partial charge in [-0.1, -0.05) is 23.2 Å². The van der Waals surface area contributed by atoms with Crippen LogP contribution in [0.25, 0.3) is 0 Å². The molecule has 2 aromatic carbocycles. The molecular weight excluding hydrogens is 391 g/mol. The molecule has 2 aliphatic heterocycles. The van der Waals surface area contributed by atoms with E-state index in [9.17, 15) is 9.59 Å². The first kappa shape index (κ1) is 17.9. The molecule has 6 nitrogen and oxygen atoms in total. The Bertz CT molecular complexity index is 919. The van der Waals surface area contributed by atoms with Crippen molar-refractivity contribution in [3.05, 3.63) is 52.0 Å². The summed E-state index contributed by atoms with van der Waals surface area (Å²) in [6, 6.07) is 9.33. The van der Waals surface area contributed by atoms with E-state index in [1.807, 2.05) is 0 Å². The normalized spacial score (nSPS) is 17.9. The van der Waals surface area contributed by atoms with E-state index in [2.05, 4.69) is 5.32 Å². The number of carbonyl (C=O) groups excluding carboxylic acids is 2. The maximum atomic E-state index is 12.9. The zero-order valence-corrected chi connectivity index (χ0v) is 15.7. The van der Waals surface area contributed by atoms with Crippen molar-refractivity contribution in [2.45, 2.75) is 18.9 Å². The molecule has 8 heteroatoms. The van der Waals surface area contributed by atoms with Crippen molar-refractivity contribution in [1.82, 2.24) is 4.90 Å². The van der Waals surface area contributed by atoms with Gasteiger partial charge in [-0.3, -0.25) is 9.59 Å². The fourth-order valence-electron chi connectivity index (χ4n) is 3.30. The van der Waals surface area contributed by atoms with Gasteiger partial charge in [-0.25, -0.2) is 0 Å². The zero-order chi connectivity index (χ0) is 19.0. The van der Waals surface area contributed by atoms with Crippen LogP contribution in [0, 0.1) is 0 Å². The number of fused-ring (bicyclic) bond motifs is 1. The predicted octanol–water partition coefficient (Wildman–Crippen LogP) is 3.97. The highest BCUT2D eigenvalue weighted by Crippen LogP contribution is 2.34. The van der Waals surface area contributed by atoms with E-state index < -0.39 is 6.04 Å². The van der Waals surface area contributed by atoms with Gasteiger partial charge in [0.25, 0.3) is 5.91 Å². The average molecular weight is 407 g/mol. The molecule has 2 heterocycles. The summed E-state index contributed by atoms with van der Waals surface area (Å²) in [4.78, 5) is 27.2. The molecule has 0 aromatic heterocycles. The van der Waals surface area contributed by atoms with Gasteiger partial charge in [-0.2, -0.15) is 0 Å². The Labute approximate surface area is 165 Å². The molecular formula is C19H16Cl2N2O4. The van der Waals surface area contributed by atoms with Crippen molar-refractivity contribution in [2.24, 2.45) is 0 Å². The Morgan fingerprint density at radius 2 is 1.89 bits per heavy atom. The summed E-state index contributed by atoms with van der Waals surface area (Å²) in [5, 5.41) is 3.58. The number of hydrogen-bond donors (Lipinski definition) is 1. The van der Waals surface area contributed by atoms with Crippen LogP contribution in [0.4, 0.5) is 5.69 Å². The lowest BCUT2D eigenvalue weighted by Gasteiger charge is -2.24. The SMILES string of the molecule is O=C(Nc1ccc2c(c1)OCO2)[C@H]1CCCN1C(=O)c1cc(Cl)ccc1Cl. The maximum Gasteiger partial charge on any atom is 0.256 e. The van der Waals surface area contributed by atoms with Gasteiger partial charge >= 0.3 is 0 Å². The maximum absolute atomic E-state index is 12.9. The number of benzene rings is 2. The van der Waals surface area contributed by atoms with Crippen LogP contribution in [0.1, 0.15) is 23.2 Å². The van der Waals surface area contributed by atoms with Crippen molar-refractivity contribution >= 4 is 40.7 Å². The molecule has 1 fully saturated rings. The highest BCUT2D eigenvalue weighted by atomic mass is 35.5. The minimum atomic E-state index is -0.571. The lowest BCUT2D eigenvalue weighted by Crippen LogP contribution is -2.43. The van der Waals surface area contributed by atoms with Gasteiger partial charge in [-0.15, -0.1) is 0 Å². The van der Waals surface area contributed by atoms with E-state index in [4.69, 9.17) is 32.7 Å². The highest BCUT2D eigenvalue weighted by Gasteiger charge is 2.35. The van der Waals surface area contributed by atoms with Gasteiger partial charge in [0, 0.05) is 23.3 Å². The highest BCUT2D eigenvalue weighted by molar-refractivity contribution is 6.35. The molecule has 1 N–H and O–H groups in total. The van der Waals surface area contributed by atoms with Crippen molar-refractivity contribution in [3.8, 4) is 11.5 Å². The molecule has 0 unspecified atom stereocenters. The Morgan fingerprint density at radius 1 is 1.07 bits per heavy atom. The van der Waals surface area contributed by atoms with Gasteiger partial charge in [0.1, 0.15) is 6.04 Å². The molecule has 2 amide bonds. The van der Waals surface area contributed by atoms with Crippen LogP contribution < -0.4 is 14.8 Å². The van der Waals surface area contributed by atoms with Crippen molar-refractivity contribution < 1.29 is 19.1 Å². The molecule has 0 aliphatic carbocycles. The molecule has 0 bridgehead atoms.